The van der Waals surface area contributed by atoms with Crippen LogP contribution in [-0.2, 0) is 14.3 Å². The summed E-state index contributed by atoms with van der Waals surface area (Å²) >= 11 is 0. The Labute approximate surface area is 125 Å². The topological polar surface area (TPSA) is 103 Å². The van der Waals surface area contributed by atoms with E-state index in [1.165, 1.54) is 0 Å². The highest BCUT2D eigenvalue weighted by Gasteiger charge is 2.33. The van der Waals surface area contributed by atoms with E-state index in [4.69, 9.17) is 14.0 Å². The molecule has 22 heavy (non-hydrogen) atoms. The maximum Gasteiger partial charge on any atom is 0.377 e. The number of aromatic nitrogens is 1. The van der Waals surface area contributed by atoms with Crippen LogP contribution in [0.15, 0.2) is 26.9 Å². The van der Waals surface area contributed by atoms with Gasteiger partial charge in [0.15, 0.2) is 6.04 Å². The normalized spacial score (nSPS) is 15.8. The minimum absolute atomic E-state index is 0.00541. The summed E-state index contributed by atoms with van der Waals surface area (Å²) in [5.41, 5.74) is 1.35. The van der Waals surface area contributed by atoms with Gasteiger partial charge in [-0.15, -0.1) is 0 Å². The lowest BCUT2D eigenvalue weighted by molar-refractivity contribution is -0.144. The van der Waals surface area contributed by atoms with Crippen molar-refractivity contribution >= 4 is 28.5 Å². The number of fused-ring (bicyclic) bond motifs is 3. The molecule has 0 fully saturated rings. The standard InChI is InChI=1S/C14H13N3O5/c1-3-20-13(18)11-9-8(15-16-11)6-5-7-10(9)17-22-12(7)14(19)21-4-2/h5-6,11H,3-4H2,1-2H3. The van der Waals surface area contributed by atoms with E-state index in [-0.39, 0.29) is 19.0 Å². The van der Waals surface area contributed by atoms with E-state index in [9.17, 15) is 9.59 Å². The number of nitrogens with zero attached hydrogens (tertiary/aromatic N) is 3. The van der Waals surface area contributed by atoms with Gasteiger partial charge < -0.3 is 14.0 Å². The molecule has 0 bridgehead atoms. The second-order valence-electron chi connectivity index (χ2n) is 4.50. The third-order valence-electron chi connectivity index (χ3n) is 3.19. The van der Waals surface area contributed by atoms with Gasteiger partial charge in [-0.3, -0.25) is 0 Å². The van der Waals surface area contributed by atoms with E-state index in [0.29, 0.717) is 22.2 Å². The van der Waals surface area contributed by atoms with E-state index < -0.39 is 18.0 Å². The molecule has 1 unspecified atom stereocenters. The van der Waals surface area contributed by atoms with Crippen molar-refractivity contribution in [3.05, 3.63) is 23.5 Å². The lowest BCUT2D eigenvalue weighted by Crippen LogP contribution is -2.12. The van der Waals surface area contributed by atoms with Crippen LogP contribution in [-0.4, -0.2) is 30.3 Å². The summed E-state index contributed by atoms with van der Waals surface area (Å²) in [4.78, 5) is 23.8. The van der Waals surface area contributed by atoms with Crippen LogP contribution in [0.2, 0.25) is 0 Å². The van der Waals surface area contributed by atoms with Crippen LogP contribution < -0.4 is 0 Å². The number of azo groups is 1. The minimum Gasteiger partial charge on any atom is -0.464 e. The first-order valence-corrected chi connectivity index (χ1v) is 6.84. The summed E-state index contributed by atoms with van der Waals surface area (Å²) in [6.45, 7) is 3.87. The molecular weight excluding hydrogens is 290 g/mol. The number of ether oxygens (including phenoxy) is 2. The quantitative estimate of drug-likeness (QED) is 0.804. The van der Waals surface area contributed by atoms with Crippen LogP contribution in [0, 0.1) is 0 Å². The van der Waals surface area contributed by atoms with Gasteiger partial charge >= 0.3 is 11.9 Å². The van der Waals surface area contributed by atoms with Gasteiger partial charge in [-0.05, 0) is 26.0 Å². The molecule has 0 radical (unpaired) electrons. The van der Waals surface area contributed by atoms with Gasteiger partial charge in [-0.1, -0.05) is 5.16 Å². The van der Waals surface area contributed by atoms with E-state index in [1.807, 2.05) is 0 Å². The zero-order valence-electron chi connectivity index (χ0n) is 12.0. The van der Waals surface area contributed by atoms with Crippen molar-refractivity contribution in [2.45, 2.75) is 19.9 Å². The Morgan fingerprint density at radius 1 is 1.23 bits per heavy atom. The van der Waals surface area contributed by atoms with E-state index in [0.717, 1.165) is 0 Å². The van der Waals surface area contributed by atoms with Gasteiger partial charge in [-0.25, -0.2) is 9.59 Å². The predicted molar refractivity (Wildman–Crippen MR) is 73.9 cm³/mol. The zero-order chi connectivity index (χ0) is 15.7. The molecule has 2 heterocycles. The highest BCUT2D eigenvalue weighted by molar-refractivity contribution is 6.04. The molecule has 0 saturated heterocycles. The van der Waals surface area contributed by atoms with Crippen molar-refractivity contribution < 1.29 is 23.6 Å². The molecule has 0 spiro atoms. The molecule has 1 aliphatic heterocycles. The molecule has 2 aromatic rings. The highest BCUT2D eigenvalue weighted by atomic mass is 16.6. The molecule has 8 heteroatoms. The average Bonchev–Trinajstić information content (AvgIpc) is 3.11. The lowest BCUT2D eigenvalue weighted by Gasteiger charge is -2.07. The molecule has 3 rings (SSSR count). The summed E-state index contributed by atoms with van der Waals surface area (Å²) in [5.74, 6) is -1.13. The molecule has 1 aliphatic rings. The lowest BCUT2D eigenvalue weighted by atomic mass is 10.0. The molecular formula is C14H13N3O5. The largest absolute Gasteiger partial charge is 0.464 e. The van der Waals surface area contributed by atoms with Crippen LogP contribution in [0.5, 0.6) is 0 Å². The number of carbonyl (C=O) groups excluding carboxylic acids is 2. The highest BCUT2D eigenvalue weighted by Crippen LogP contribution is 2.41. The molecule has 1 aromatic carbocycles. The van der Waals surface area contributed by atoms with Crippen LogP contribution in [0.4, 0.5) is 5.69 Å². The Bertz CT molecular complexity index is 780. The third kappa shape index (κ3) is 2.12. The number of rotatable bonds is 4. The summed E-state index contributed by atoms with van der Waals surface area (Å²) in [5, 5.41) is 12.2. The molecule has 114 valence electrons. The fourth-order valence-electron chi connectivity index (χ4n) is 2.28. The van der Waals surface area contributed by atoms with Gasteiger partial charge in [0, 0.05) is 5.56 Å². The van der Waals surface area contributed by atoms with Gasteiger partial charge in [-0.2, -0.15) is 10.2 Å². The van der Waals surface area contributed by atoms with Gasteiger partial charge in [0.25, 0.3) is 5.76 Å². The summed E-state index contributed by atoms with van der Waals surface area (Å²) in [6.07, 6.45) is 0. The Hall–Kier alpha value is -2.77. The molecule has 0 N–H and O–H groups in total. The zero-order valence-corrected chi connectivity index (χ0v) is 12.0. The van der Waals surface area contributed by atoms with E-state index in [1.54, 1.807) is 26.0 Å². The Morgan fingerprint density at radius 3 is 2.73 bits per heavy atom. The molecule has 8 nitrogen and oxygen atoms in total. The van der Waals surface area contributed by atoms with Crippen molar-refractivity contribution in [2.24, 2.45) is 10.2 Å². The van der Waals surface area contributed by atoms with E-state index in [2.05, 4.69) is 15.4 Å². The number of hydrogen-bond acceptors (Lipinski definition) is 8. The molecule has 0 amide bonds. The van der Waals surface area contributed by atoms with Crippen LogP contribution in [0.3, 0.4) is 0 Å². The first-order chi connectivity index (χ1) is 10.7. The maximum atomic E-state index is 12.0. The second kappa shape index (κ2) is 5.55. The van der Waals surface area contributed by atoms with Crippen LogP contribution in [0.1, 0.15) is 36.0 Å². The van der Waals surface area contributed by atoms with Crippen molar-refractivity contribution in [2.75, 3.05) is 13.2 Å². The SMILES string of the molecule is CCOC(=O)c1onc2c3c(ccc12)N=NC3C(=O)OCC. The predicted octanol–water partition coefficient (Wildman–Crippen LogP) is 2.71. The number of carbonyl (C=O) groups is 2. The van der Waals surface area contributed by atoms with Gasteiger partial charge in [0.2, 0.25) is 0 Å². The number of benzene rings is 1. The Morgan fingerprint density at radius 2 is 2.00 bits per heavy atom. The van der Waals surface area contributed by atoms with Crippen LogP contribution >= 0.6 is 0 Å². The van der Waals surface area contributed by atoms with Crippen LogP contribution in [0.25, 0.3) is 10.9 Å². The fraction of sp³-hybridized carbons (Fsp3) is 0.357. The number of esters is 2. The van der Waals surface area contributed by atoms with Gasteiger partial charge in [0.1, 0.15) is 5.52 Å². The third-order valence-corrected chi connectivity index (χ3v) is 3.19. The summed E-state index contributed by atoms with van der Waals surface area (Å²) in [7, 11) is 0. The fourth-order valence-corrected chi connectivity index (χ4v) is 2.28. The number of hydrogen-bond donors (Lipinski definition) is 0. The maximum absolute atomic E-state index is 12.0. The summed E-state index contributed by atoms with van der Waals surface area (Å²) < 4.78 is 15.0. The smallest absolute Gasteiger partial charge is 0.377 e. The Balaban J connectivity index is 2.08. The second-order valence-corrected chi connectivity index (χ2v) is 4.50. The van der Waals surface area contributed by atoms with Gasteiger partial charge in [0.05, 0.1) is 24.3 Å². The molecule has 1 atom stereocenters. The first-order valence-electron chi connectivity index (χ1n) is 6.84. The molecule has 0 aliphatic carbocycles. The average molecular weight is 303 g/mol. The molecule has 1 aromatic heterocycles. The van der Waals surface area contributed by atoms with Crippen molar-refractivity contribution in [1.29, 1.82) is 0 Å². The first kappa shape index (κ1) is 14.2. The van der Waals surface area contributed by atoms with Crippen molar-refractivity contribution in [3.63, 3.8) is 0 Å². The monoisotopic (exact) mass is 303 g/mol. The van der Waals surface area contributed by atoms with Crippen molar-refractivity contribution in [3.8, 4) is 0 Å². The summed E-state index contributed by atoms with van der Waals surface area (Å²) in [6, 6.07) is 2.41. The molecule has 0 saturated carbocycles. The minimum atomic E-state index is -0.890. The van der Waals surface area contributed by atoms with E-state index >= 15 is 0 Å². The Kier molecular flexibility index (Phi) is 3.58. The van der Waals surface area contributed by atoms with Crippen molar-refractivity contribution in [1.82, 2.24) is 5.16 Å².